The molecule has 1 heterocycles. The lowest BCUT2D eigenvalue weighted by atomic mass is 10.0. The number of nitrogens with two attached hydrogens (primary N) is 1. The van der Waals surface area contributed by atoms with E-state index in [2.05, 4.69) is 36.3 Å². The average Bonchev–Trinajstić information content (AvgIpc) is 2.77. The second kappa shape index (κ2) is 5.80. The third-order valence-corrected chi connectivity index (χ3v) is 2.55. The quantitative estimate of drug-likeness (QED) is 0.912. The maximum atomic E-state index is 5.50. The Morgan fingerprint density at radius 2 is 2.12 bits per heavy atom. The minimum absolute atomic E-state index is 0. The SMILES string of the molecule is CC(C)c1cccc(-n2cc(CN)nn2)c1.Cl. The Morgan fingerprint density at radius 3 is 2.71 bits per heavy atom. The molecule has 0 unspecified atom stereocenters. The van der Waals surface area contributed by atoms with Crippen molar-refractivity contribution in [3.63, 3.8) is 0 Å². The Balaban J connectivity index is 0.00000144. The van der Waals surface area contributed by atoms with E-state index >= 15 is 0 Å². The van der Waals surface area contributed by atoms with Crippen LogP contribution in [0.3, 0.4) is 0 Å². The topological polar surface area (TPSA) is 56.7 Å². The van der Waals surface area contributed by atoms with Crippen LogP contribution in [-0.4, -0.2) is 15.0 Å². The average molecular weight is 253 g/mol. The molecule has 0 aliphatic rings. The Morgan fingerprint density at radius 1 is 1.35 bits per heavy atom. The number of nitrogens with zero attached hydrogens (tertiary/aromatic N) is 3. The summed E-state index contributed by atoms with van der Waals surface area (Å²) in [5, 5.41) is 8.02. The second-order valence-electron chi connectivity index (χ2n) is 4.11. The molecule has 17 heavy (non-hydrogen) atoms. The van der Waals surface area contributed by atoms with Crippen LogP contribution in [0.25, 0.3) is 5.69 Å². The van der Waals surface area contributed by atoms with Crippen molar-refractivity contribution in [2.75, 3.05) is 0 Å². The van der Waals surface area contributed by atoms with E-state index in [0.717, 1.165) is 11.4 Å². The standard InChI is InChI=1S/C12H16N4.ClH/c1-9(2)10-4-3-5-12(6-10)16-8-11(7-13)14-15-16;/h3-6,8-9H,7,13H2,1-2H3;1H. The molecule has 92 valence electrons. The van der Waals surface area contributed by atoms with Crippen LogP contribution in [0.4, 0.5) is 0 Å². The van der Waals surface area contributed by atoms with Gasteiger partial charge in [-0.3, -0.25) is 0 Å². The van der Waals surface area contributed by atoms with Gasteiger partial charge in [0.1, 0.15) is 0 Å². The minimum atomic E-state index is 0. The number of benzene rings is 1. The molecule has 2 N–H and O–H groups in total. The fourth-order valence-corrected chi connectivity index (χ4v) is 1.54. The first-order valence-corrected chi connectivity index (χ1v) is 5.42. The third-order valence-electron chi connectivity index (χ3n) is 2.55. The van der Waals surface area contributed by atoms with Crippen LogP contribution in [-0.2, 0) is 6.54 Å². The largest absolute Gasteiger partial charge is 0.325 e. The van der Waals surface area contributed by atoms with E-state index in [4.69, 9.17) is 5.73 Å². The lowest BCUT2D eigenvalue weighted by molar-refractivity contribution is 0.790. The molecular weight excluding hydrogens is 236 g/mol. The molecule has 1 aromatic heterocycles. The number of halogens is 1. The molecule has 0 aliphatic heterocycles. The smallest absolute Gasteiger partial charge is 0.0967 e. The Hall–Kier alpha value is -1.39. The van der Waals surface area contributed by atoms with Crippen molar-refractivity contribution in [2.45, 2.75) is 26.3 Å². The van der Waals surface area contributed by atoms with Gasteiger partial charge in [-0.1, -0.05) is 31.2 Å². The summed E-state index contributed by atoms with van der Waals surface area (Å²) in [6.45, 7) is 4.77. The first-order chi connectivity index (χ1) is 7.70. The predicted octanol–water partition coefficient (Wildman–Crippen LogP) is 2.27. The highest BCUT2D eigenvalue weighted by molar-refractivity contribution is 5.85. The maximum absolute atomic E-state index is 5.50. The van der Waals surface area contributed by atoms with Gasteiger partial charge in [0.25, 0.3) is 0 Å². The van der Waals surface area contributed by atoms with Gasteiger partial charge in [-0.05, 0) is 23.6 Å². The minimum Gasteiger partial charge on any atom is -0.325 e. The zero-order chi connectivity index (χ0) is 11.5. The highest BCUT2D eigenvalue weighted by Crippen LogP contribution is 2.17. The molecule has 0 spiro atoms. The van der Waals surface area contributed by atoms with Crippen molar-refractivity contribution in [2.24, 2.45) is 5.73 Å². The van der Waals surface area contributed by atoms with Gasteiger partial charge < -0.3 is 5.73 Å². The van der Waals surface area contributed by atoms with E-state index in [1.54, 1.807) is 4.68 Å². The molecule has 2 aromatic rings. The van der Waals surface area contributed by atoms with Crippen LogP contribution in [0.15, 0.2) is 30.5 Å². The zero-order valence-corrected chi connectivity index (χ0v) is 10.8. The van der Waals surface area contributed by atoms with Gasteiger partial charge in [0.2, 0.25) is 0 Å². The van der Waals surface area contributed by atoms with Crippen molar-refractivity contribution in [3.8, 4) is 5.69 Å². The van der Waals surface area contributed by atoms with Gasteiger partial charge in [0, 0.05) is 6.54 Å². The van der Waals surface area contributed by atoms with Gasteiger partial charge in [0.05, 0.1) is 17.6 Å². The van der Waals surface area contributed by atoms with Crippen LogP contribution in [0, 0.1) is 0 Å². The number of hydrogen-bond acceptors (Lipinski definition) is 3. The Labute approximate surface area is 107 Å². The molecule has 0 fully saturated rings. The summed E-state index contributed by atoms with van der Waals surface area (Å²) >= 11 is 0. The monoisotopic (exact) mass is 252 g/mol. The highest BCUT2D eigenvalue weighted by Gasteiger charge is 2.04. The van der Waals surface area contributed by atoms with E-state index in [1.165, 1.54) is 5.56 Å². The normalized spacial score (nSPS) is 10.4. The van der Waals surface area contributed by atoms with Crippen LogP contribution in [0.5, 0.6) is 0 Å². The summed E-state index contributed by atoms with van der Waals surface area (Å²) in [4.78, 5) is 0. The molecule has 2 rings (SSSR count). The van der Waals surface area contributed by atoms with E-state index in [0.29, 0.717) is 12.5 Å². The van der Waals surface area contributed by atoms with E-state index < -0.39 is 0 Å². The lowest BCUT2D eigenvalue weighted by Crippen LogP contribution is -1.97. The molecule has 0 bridgehead atoms. The zero-order valence-electron chi connectivity index (χ0n) is 10.00. The molecule has 0 amide bonds. The van der Waals surface area contributed by atoms with E-state index in [1.807, 2.05) is 18.3 Å². The van der Waals surface area contributed by atoms with Gasteiger partial charge in [0.15, 0.2) is 0 Å². The van der Waals surface area contributed by atoms with Crippen LogP contribution in [0.1, 0.15) is 31.0 Å². The molecule has 0 saturated heterocycles. The Bertz CT molecular complexity index is 479. The summed E-state index contributed by atoms with van der Waals surface area (Å²) < 4.78 is 1.76. The summed E-state index contributed by atoms with van der Waals surface area (Å²) in [6.07, 6.45) is 1.86. The Kier molecular flexibility index (Phi) is 4.66. The molecule has 1 aromatic carbocycles. The first-order valence-electron chi connectivity index (χ1n) is 5.42. The number of rotatable bonds is 3. The van der Waals surface area contributed by atoms with Crippen molar-refractivity contribution >= 4 is 12.4 Å². The van der Waals surface area contributed by atoms with E-state index in [9.17, 15) is 0 Å². The van der Waals surface area contributed by atoms with Gasteiger partial charge >= 0.3 is 0 Å². The van der Waals surface area contributed by atoms with Crippen LogP contribution in [0.2, 0.25) is 0 Å². The van der Waals surface area contributed by atoms with Crippen LogP contribution < -0.4 is 5.73 Å². The molecular formula is C12H17ClN4. The highest BCUT2D eigenvalue weighted by atomic mass is 35.5. The van der Waals surface area contributed by atoms with Crippen LogP contribution >= 0.6 is 12.4 Å². The first kappa shape index (κ1) is 13.7. The van der Waals surface area contributed by atoms with Crippen molar-refractivity contribution in [1.82, 2.24) is 15.0 Å². The van der Waals surface area contributed by atoms with E-state index in [-0.39, 0.29) is 12.4 Å². The summed E-state index contributed by atoms with van der Waals surface area (Å²) in [7, 11) is 0. The molecule has 0 aliphatic carbocycles. The summed E-state index contributed by atoms with van der Waals surface area (Å²) in [5.41, 5.74) is 8.62. The summed E-state index contributed by atoms with van der Waals surface area (Å²) in [5.74, 6) is 0.512. The lowest BCUT2D eigenvalue weighted by Gasteiger charge is -2.07. The fourth-order valence-electron chi connectivity index (χ4n) is 1.54. The molecule has 4 nitrogen and oxygen atoms in total. The van der Waals surface area contributed by atoms with Crippen molar-refractivity contribution in [3.05, 3.63) is 41.7 Å². The summed E-state index contributed by atoms with van der Waals surface area (Å²) in [6, 6.07) is 8.30. The van der Waals surface area contributed by atoms with Gasteiger partial charge in [-0.2, -0.15) is 0 Å². The molecule has 0 atom stereocenters. The molecule has 5 heteroatoms. The maximum Gasteiger partial charge on any atom is 0.0967 e. The van der Waals surface area contributed by atoms with Gasteiger partial charge in [-0.15, -0.1) is 17.5 Å². The number of hydrogen-bond donors (Lipinski definition) is 1. The second-order valence-corrected chi connectivity index (χ2v) is 4.11. The van der Waals surface area contributed by atoms with Crippen molar-refractivity contribution in [1.29, 1.82) is 0 Å². The number of aromatic nitrogens is 3. The molecule has 0 saturated carbocycles. The molecule has 0 radical (unpaired) electrons. The third kappa shape index (κ3) is 3.05. The fraction of sp³-hybridized carbons (Fsp3) is 0.333. The predicted molar refractivity (Wildman–Crippen MR) is 70.6 cm³/mol. The van der Waals surface area contributed by atoms with Crippen molar-refractivity contribution < 1.29 is 0 Å². The van der Waals surface area contributed by atoms with Gasteiger partial charge in [-0.25, -0.2) is 4.68 Å².